The van der Waals surface area contributed by atoms with Crippen LogP contribution >= 0.6 is 0 Å². The van der Waals surface area contributed by atoms with Gasteiger partial charge in [0.15, 0.2) is 0 Å². The molecule has 2 nitrogen and oxygen atoms in total. The molecule has 0 heterocycles. The summed E-state index contributed by atoms with van der Waals surface area (Å²) in [6.45, 7) is 4.58. The molecule has 2 heteroatoms. The Bertz CT molecular complexity index is 166. The molecular formula is C14H28O2. The van der Waals surface area contributed by atoms with Gasteiger partial charge in [-0.2, -0.15) is 0 Å². The first kappa shape index (κ1) is 15.5. The fraction of sp³-hybridized carbons (Fsp3) is 0.929. The minimum absolute atomic E-state index is 0.339. The smallest absolute Gasteiger partial charge is 0.303 e. The first-order chi connectivity index (χ1) is 7.66. The van der Waals surface area contributed by atoms with E-state index in [1.54, 1.807) is 0 Å². The van der Waals surface area contributed by atoms with Gasteiger partial charge in [-0.15, -0.1) is 0 Å². The fourth-order valence-corrected chi connectivity index (χ4v) is 2.01. The topological polar surface area (TPSA) is 37.3 Å². The van der Waals surface area contributed by atoms with Crippen LogP contribution in [0.15, 0.2) is 0 Å². The molecule has 0 rings (SSSR count). The molecule has 0 saturated carbocycles. The van der Waals surface area contributed by atoms with Crippen LogP contribution in [0.3, 0.4) is 0 Å². The number of hydrogen-bond acceptors (Lipinski definition) is 1. The molecule has 0 aliphatic carbocycles. The zero-order valence-electron chi connectivity index (χ0n) is 11.0. The molecule has 0 aliphatic heterocycles. The molecule has 1 atom stereocenters. The largest absolute Gasteiger partial charge is 0.481 e. The van der Waals surface area contributed by atoms with Crippen LogP contribution in [-0.4, -0.2) is 11.1 Å². The van der Waals surface area contributed by atoms with E-state index in [9.17, 15) is 4.79 Å². The normalized spacial score (nSPS) is 12.6. The van der Waals surface area contributed by atoms with E-state index >= 15 is 0 Å². The van der Waals surface area contributed by atoms with Crippen LogP contribution in [0.25, 0.3) is 0 Å². The highest BCUT2D eigenvalue weighted by atomic mass is 16.4. The molecule has 0 spiro atoms. The summed E-state index contributed by atoms with van der Waals surface area (Å²) in [6.07, 6.45) is 11.5. The molecule has 96 valence electrons. The van der Waals surface area contributed by atoms with E-state index in [0.29, 0.717) is 6.42 Å². The lowest BCUT2D eigenvalue weighted by Crippen LogP contribution is -1.96. The second-order valence-corrected chi connectivity index (χ2v) is 4.95. The molecule has 0 fully saturated rings. The van der Waals surface area contributed by atoms with Gasteiger partial charge >= 0.3 is 5.97 Å². The van der Waals surface area contributed by atoms with Crippen molar-refractivity contribution in [3.63, 3.8) is 0 Å². The Hall–Kier alpha value is -0.530. The maximum absolute atomic E-state index is 10.3. The summed E-state index contributed by atoms with van der Waals surface area (Å²) in [4.78, 5) is 10.3. The SMILES string of the molecule is CCCCCC(C)CCCCCCC(=O)O. The first-order valence-electron chi connectivity index (χ1n) is 6.88. The van der Waals surface area contributed by atoms with Gasteiger partial charge in [-0.25, -0.2) is 0 Å². The van der Waals surface area contributed by atoms with E-state index in [2.05, 4.69) is 13.8 Å². The van der Waals surface area contributed by atoms with Crippen molar-refractivity contribution in [2.45, 2.75) is 78.1 Å². The zero-order valence-corrected chi connectivity index (χ0v) is 11.0. The Morgan fingerprint density at radius 2 is 1.56 bits per heavy atom. The van der Waals surface area contributed by atoms with E-state index < -0.39 is 5.97 Å². The molecule has 16 heavy (non-hydrogen) atoms. The quantitative estimate of drug-likeness (QED) is 0.523. The number of carbonyl (C=O) groups is 1. The second-order valence-electron chi connectivity index (χ2n) is 4.95. The van der Waals surface area contributed by atoms with Crippen molar-refractivity contribution in [1.82, 2.24) is 0 Å². The molecular weight excluding hydrogens is 200 g/mol. The Morgan fingerprint density at radius 1 is 1.00 bits per heavy atom. The average molecular weight is 228 g/mol. The minimum atomic E-state index is -0.659. The lowest BCUT2D eigenvalue weighted by atomic mass is 9.96. The Kier molecular flexibility index (Phi) is 10.6. The van der Waals surface area contributed by atoms with Gasteiger partial charge in [-0.3, -0.25) is 4.79 Å². The van der Waals surface area contributed by atoms with Crippen molar-refractivity contribution >= 4 is 5.97 Å². The van der Waals surface area contributed by atoms with Gasteiger partial charge in [-0.05, 0) is 12.3 Å². The van der Waals surface area contributed by atoms with E-state index in [4.69, 9.17) is 5.11 Å². The highest BCUT2D eigenvalue weighted by molar-refractivity contribution is 5.66. The summed E-state index contributed by atoms with van der Waals surface area (Å²) in [6, 6.07) is 0. The van der Waals surface area contributed by atoms with Crippen LogP contribution in [0.2, 0.25) is 0 Å². The molecule has 0 bridgehead atoms. The third-order valence-electron chi connectivity index (χ3n) is 3.14. The molecule has 0 aromatic carbocycles. The first-order valence-corrected chi connectivity index (χ1v) is 6.88. The van der Waals surface area contributed by atoms with Gasteiger partial charge in [0.25, 0.3) is 0 Å². The van der Waals surface area contributed by atoms with E-state index in [1.165, 1.54) is 44.9 Å². The van der Waals surface area contributed by atoms with Gasteiger partial charge < -0.3 is 5.11 Å². The molecule has 1 N–H and O–H groups in total. The summed E-state index contributed by atoms with van der Waals surface area (Å²) in [7, 11) is 0. The highest BCUT2D eigenvalue weighted by Crippen LogP contribution is 2.17. The molecule has 0 aliphatic rings. The van der Waals surface area contributed by atoms with Crippen LogP contribution in [0.1, 0.15) is 78.1 Å². The van der Waals surface area contributed by atoms with Crippen LogP contribution < -0.4 is 0 Å². The van der Waals surface area contributed by atoms with Gasteiger partial charge in [0, 0.05) is 6.42 Å². The summed E-state index contributed by atoms with van der Waals surface area (Å²) in [5.74, 6) is 0.193. The number of carboxylic acids is 1. The number of hydrogen-bond donors (Lipinski definition) is 1. The monoisotopic (exact) mass is 228 g/mol. The maximum Gasteiger partial charge on any atom is 0.303 e. The van der Waals surface area contributed by atoms with Crippen LogP contribution in [0.4, 0.5) is 0 Å². The lowest BCUT2D eigenvalue weighted by molar-refractivity contribution is -0.137. The highest BCUT2D eigenvalue weighted by Gasteiger charge is 2.02. The molecule has 0 amide bonds. The minimum Gasteiger partial charge on any atom is -0.481 e. The number of carboxylic acid groups (broad SMARTS) is 1. The van der Waals surface area contributed by atoms with Crippen LogP contribution in [-0.2, 0) is 4.79 Å². The van der Waals surface area contributed by atoms with E-state index in [0.717, 1.165) is 18.8 Å². The molecule has 0 aromatic rings. The molecule has 0 saturated heterocycles. The van der Waals surface area contributed by atoms with Crippen molar-refractivity contribution in [3.8, 4) is 0 Å². The van der Waals surface area contributed by atoms with Crippen molar-refractivity contribution in [3.05, 3.63) is 0 Å². The van der Waals surface area contributed by atoms with Crippen molar-refractivity contribution in [2.24, 2.45) is 5.92 Å². The van der Waals surface area contributed by atoms with Crippen LogP contribution in [0.5, 0.6) is 0 Å². The summed E-state index contributed by atoms with van der Waals surface area (Å²) in [5.41, 5.74) is 0. The average Bonchev–Trinajstić information content (AvgIpc) is 2.23. The number of rotatable bonds is 11. The summed E-state index contributed by atoms with van der Waals surface area (Å²) < 4.78 is 0. The molecule has 0 radical (unpaired) electrons. The molecule has 1 unspecified atom stereocenters. The number of unbranched alkanes of at least 4 members (excludes halogenated alkanes) is 5. The van der Waals surface area contributed by atoms with Gasteiger partial charge in [0.1, 0.15) is 0 Å². The fourth-order valence-electron chi connectivity index (χ4n) is 2.01. The van der Waals surface area contributed by atoms with Crippen molar-refractivity contribution < 1.29 is 9.90 Å². The molecule has 0 aromatic heterocycles. The second kappa shape index (κ2) is 11.0. The van der Waals surface area contributed by atoms with Gasteiger partial charge in [0.05, 0.1) is 0 Å². The predicted octanol–water partition coefficient (Wildman–Crippen LogP) is 4.63. The number of aliphatic carboxylic acids is 1. The van der Waals surface area contributed by atoms with E-state index in [1.807, 2.05) is 0 Å². The Morgan fingerprint density at radius 3 is 2.12 bits per heavy atom. The Balaban J connectivity index is 3.14. The third kappa shape index (κ3) is 11.5. The summed E-state index contributed by atoms with van der Waals surface area (Å²) in [5, 5.41) is 8.48. The van der Waals surface area contributed by atoms with Crippen molar-refractivity contribution in [1.29, 1.82) is 0 Å². The summed E-state index contributed by atoms with van der Waals surface area (Å²) >= 11 is 0. The standard InChI is InChI=1S/C14H28O2/c1-3-4-7-10-13(2)11-8-5-6-9-12-14(15)16/h13H,3-12H2,1-2H3,(H,15,16). The van der Waals surface area contributed by atoms with E-state index in [-0.39, 0.29) is 0 Å². The van der Waals surface area contributed by atoms with Gasteiger partial charge in [-0.1, -0.05) is 65.2 Å². The van der Waals surface area contributed by atoms with Crippen molar-refractivity contribution in [2.75, 3.05) is 0 Å². The zero-order chi connectivity index (χ0) is 12.2. The lowest BCUT2D eigenvalue weighted by Gasteiger charge is -2.10. The van der Waals surface area contributed by atoms with Crippen LogP contribution in [0, 0.1) is 5.92 Å². The maximum atomic E-state index is 10.3. The Labute approximate surface area is 100 Å². The predicted molar refractivity (Wildman–Crippen MR) is 68.6 cm³/mol. The third-order valence-corrected chi connectivity index (χ3v) is 3.14. The van der Waals surface area contributed by atoms with Gasteiger partial charge in [0.2, 0.25) is 0 Å².